The number of allylic oxidation sites excluding steroid dienone is 1. The summed E-state index contributed by atoms with van der Waals surface area (Å²) in [4.78, 5) is 0. The maximum absolute atomic E-state index is 3.65. The molecule has 2 aliphatic rings. The van der Waals surface area contributed by atoms with Gasteiger partial charge in [-0.05, 0) is 57.2 Å². The predicted octanol–water partition coefficient (Wildman–Crippen LogP) is 3.40. The molecule has 0 saturated carbocycles. The maximum Gasteiger partial charge on any atom is 0.0507 e. The number of hydrogen-bond acceptors (Lipinski definition) is 1. The number of benzene rings is 1. The van der Waals surface area contributed by atoms with Crippen molar-refractivity contribution in [3.8, 4) is 0 Å². The zero-order valence-electron chi connectivity index (χ0n) is 11.0. The Hall–Kier alpha value is -1.08. The fourth-order valence-electron chi connectivity index (χ4n) is 3.82. The number of rotatable bonds is 1. The second-order valence-electron chi connectivity index (χ2n) is 5.72. The number of fused-ring (bicyclic) bond motifs is 3. The van der Waals surface area contributed by atoms with Gasteiger partial charge in [-0.3, -0.25) is 0 Å². The van der Waals surface area contributed by atoms with Crippen LogP contribution in [0.2, 0.25) is 0 Å². The van der Waals surface area contributed by atoms with E-state index in [9.17, 15) is 0 Å². The molecule has 0 fully saturated rings. The Bertz CT molecular complexity index is 486. The molecule has 3 rings (SSSR count). The Balaban J connectivity index is 2.13. The van der Waals surface area contributed by atoms with Crippen molar-refractivity contribution >= 4 is 0 Å². The van der Waals surface area contributed by atoms with Gasteiger partial charge in [-0.15, -0.1) is 0 Å². The molecule has 2 unspecified atom stereocenters. The van der Waals surface area contributed by atoms with Crippen molar-refractivity contribution in [3.05, 3.63) is 46.5 Å². The Morgan fingerprint density at radius 2 is 1.88 bits per heavy atom. The minimum atomic E-state index is 0.209. The summed E-state index contributed by atoms with van der Waals surface area (Å²) < 4.78 is 0. The van der Waals surface area contributed by atoms with Gasteiger partial charge in [0.15, 0.2) is 0 Å². The van der Waals surface area contributed by atoms with Crippen molar-refractivity contribution in [1.29, 1.82) is 0 Å². The highest BCUT2D eigenvalue weighted by atomic mass is 15.0. The molecule has 1 N–H and O–H groups in total. The van der Waals surface area contributed by atoms with Gasteiger partial charge < -0.3 is 5.32 Å². The van der Waals surface area contributed by atoms with Gasteiger partial charge in [0.2, 0.25) is 0 Å². The van der Waals surface area contributed by atoms with E-state index in [0.717, 1.165) is 5.92 Å². The van der Waals surface area contributed by atoms with Crippen LogP contribution in [0.4, 0.5) is 0 Å². The van der Waals surface area contributed by atoms with E-state index in [-0.39, 0.29) is 5.54 Å². The van der Waals surface area contributed by atoms with E-state index < -0.39 is 0 Å². The molecule has 17 heavy (non-hydrogen) atoms. The van der Waals surface area contributed by atoms with Gasteiger partial charge in [0.25, 0.3) is 0 Å². The lowest BCUT2D eigenvalue weighted by Crippen LogP contribution is -2.46. The normalized spacial score (nSPS) is 31.4. The van der Waals surface area contributed by atoms with Crippen molar-refractivity contribution in [2.24, 2.45) is 5.92 Å². The summed E-state index contributed by atoms with van der Waals surface area (Å²) in [6.45, 7) is 4.60. The summed E-state index contributed by atoms with van der Waals surface area (Å²) in [6, 6.07) is 8.98. The third kappa shape index (κ3) is 1.42. The first-order chi connectivity index (χ1) is 8.17. The molecule has 0 bridgehead atoms. The Labute approximate surface area is 104 Å². The fraction of sp³-hybridized carbons (Fsp3) is 0.500. The first-order valence-corrected chi connectivity index (χ1v) is 6.60. The summed E-state index contributed by atoms with van der Waals surface area (Å²) in [7, 11) is 2.13. The molecule has 1 nitrogen and oxygen atoms in total. The first-order valence-electron chi connectivity index (χ1n) is 6.60. The summed E-state index contributed by atoms with van der Waals surface area (Å²) in [5.41, 5.74) is 6.48. The van der Waals surface area contributed by atoms with Crippen molar-refractivity contribution in [3.63, 3.8) is 0 Å². The Kier molecular flexibility index (Phi) is 2.41. The van der Waals surface area contributed by atoms with Crippen LogP contribution in [-0.4, -0.2) is 7.05 Å². The van der Waals surface area contributed by atoms with Crippen LogP contribution in [0.25, 0.3) is 0 Å². The van der Waals surface area contributed by atoms with E-state index in [1.165, 1.54) is 19.3 Å². The van der Waals surface area contributed by atoms with Crippen molar-refractivity contribution < 1.29 is 0 Å². The topological polar surface area (TPSA) is 12.0 Å². The average Bonchev–Trinajstić information content (AvgIpc) is 2.64. The maximum atomic E-state index is 3.65. The highest BCUT2D eigenvalue weighted by Gasteiger charge is 2.47. The molecular formula is C16H21N. The van der Waals surface area contributed by atoms with Crippen molar-refractivity contribution in [1.82, 2.24) is 5.32 Å². The lowest BCUT2D eigenvalue weighted by molar-refractivity contribution is 0.226. The van der Waals surface area contributed by atoms with Gasteiger partial charge in [-0.25, -0.2) is 0 Å². The molecule has 1 aromatic carbocycles. The van der Waals surface area contributed by atoms with Crippen LogP contribution in [0.15, 0.2) is 35.4 Å². The third-order valence-electron chi connectivity index (χ3n) is 4.93. The molecule has 0 amide bonds. The second-order valence-corrected chi connectivity index (χ2v) is 5.72. The molecule has 0 aliphatic heterocycles. The number of nitrogens with one attached hydrogen (secondary N) is 1. The molecule has 1 aromatic rings. The summed E-state index contributed by atoms with van der Waals surface area (Å²) in [5.74, 6) is 0.744. The largest absolute Gasteiger partial charge is 0.310 e. The fourth-order valence-corrected chi connectivity index (χ4v) is 3.82. The van der Waals surface area contributed by atoms with E-state index in [2.05, 4.69) is 50.5 Å². The molecule has 0 spiro atoms. The van der Waals surface area contributed by atoms with Crippen LogP contribution in [0.5, 0.6) is 0 Å². The van der Waals surface area contributed by atoms with E-state index >= 15 is 0 Å². The van der Waals surface area contributed by atoms with Crippen LogP contribution in [0.1, 0.15) is 37.8 Å². The molecule has 0 radical (unpaired) electrons. The zero-order chi connectivity index (χ0) is 12.0. The van der Waals surface area contributed by atoms with E-state index in [1.807, 2.05) is 0 Å². The molecule has 2 atom stereocenters. The molecule has 0 saturated heterocycles. The van der Waals surface area contributed by atoms with Crippen LogP contribution in [0, 0.1) is 5.92 Å². The molecular weight excluding hydrogens is 206 g/mol. The minimum absolute atomic E-state index is 0.209. The van der Waals surface area contributed by atoms with Crippen LogP contribution in [-0.2, 0) is 12.0 Å². The highest BCUT2D eigenvalue weighted by molar-refractivity contribution is 5.44. The van der Waals surface area contributed by atoms with Crippen LogP contribution in [0.3, 0.4) is 0 Å². The zero-order valence-corrected chi connectivity index (χ0v) is 11.0. The molecule has 0 heterocycles. The highest BCUT2D eigenvalue weighted by Crippen LogP contribution is 2.50. The van der Waals surface area contributed by atoms with Crippen LogP contribution >= 0.6 is 0 Å². The summed E-state index contributed by atoms with van der Waals surface area (Å²) in [5, 5.41) is 3.65. The average molecular weight is 227 g/mol. The van der Waals surface area contributed by atoms with Gasteiger partial charge in [0.1, 0.15) is 0 Å². The quantitative estimate of drug-likeness (QED) is 0.725. The predicted molar refractivity (Wildman–Crippen MR) is 72.0 cm³/mol. The SMILES string of the molecule is CNC12CC(C)=C(C)CC1Cc1ccccc12. The van der Waals surface area contributed by atoms with Gasteiger partial charge in [0.05, 0.1) is 5.54 Å². The monoisotopic (exact) mass is 227 g/mol. The van der Waals surface area contributed by atoms with Gasteiger partial charge >= 0.3 is 0 Å². The second kappa shape index (κ2) is 3.71. The smallest absolute Gasteiger partial charge is 0.0507 e. The molecule has 0 aromatic heterocycles. The molecule has 2 aliphatic carbocycles. The molecule has 90 valence electrons. The first kappa shape index (κ1) is 11.0. The Morgan fingerprint density at radius 1 is 1.12 bits per heavy atom. The van der Waals surface area contributed by atoms with Gasteiger partial charge in [-0.1, -0.05) is 35.4 Å². The lowest BCUT2D eigenvalue weighted by atomic mass is 9.71. The lowest BCUT2D eigenvalue weighted by Gasteiger charge is -2.41. The summed E-state index contributed by atoms with van der Waals surface area (Å²) >= 11 is 0. The standard InChI is InChI=1S/C16H21N/c1-11-8-14-9-13-6-4-5-7-15(13)16(14,17-3)10-12(11)2/h4-7,14,17H,8-10H2,1-3H3. The van der Waals surface area contributed by atoms with E-state index in [4.69, 9.17) is 0 Å². The van der Waals surface area contributed by atoms with Crippen molar-refractivity contribution in [2.45, 2.75) is 38.6 Å². The molecule has 1 heteroatoms. The van der Waals surface area contributed by atoms with Gasteiger partial charge in [0, 0.05) is 0 Å². The van der Waals surface area contributed by atoms with Gasteiger partial charge in [-0.2, -0.15) is 0 Å². The Morgan fingerprint density at radius 3 is 2.65 bits per heavy atom. The van der Waals surface area contributed by atoms with Crippen LogP contribution < -0.4 is 5.32 Å². The van der Waals surface area contributed by atoms with E-state index in [1.54, 1.807) is 22.3 Å². The van der Waals surface area contributed by atoms with E-state index in [0.29, 0.717) is 0 Å². The third-order valence-corrected chi connectivity index (χ3v) is 4.93. The summed E-state index contributed by atoms with van der Waals surface area (Å²) in [6.07, 6.45) is 3.67. The minimum Gasteiger partial charge on any atom is -0.310 e. The van der Waals surface area contributed by atoms with Crippen molar-refractivity contribution in [2.75, 3.05) is 7.05 Å². The number of hydrogen-bond donors (Lipinski definition) is 1.